The summed E-state index contributed by atoms with van der Waals surface area (Å²) >= 11 is 0. The van der Waals surface area contributed by atoms with Crippen LogP contribution in [0.2, 0.25) is 0 Å². The molecule has 0 N–H and O–H groups in total. The molecule has 0 amide bonds. The Morgan fingerprint density at radius 3 is 0.159 bits per heavy atom. The Bertz CT molecular complexity index is 7140. The second-order valence-electron chi connectivity index (χ2n) is 28.6. The first-order chi connectivity index (χ1) is 62.2. The zero-order chi connectivity index (χ0) is 85.2. The normalized spacial score (nSPS) is 9.43. The van der Waals surface area contributed by atoms with E-state index < -0.39 is 0 Å². The Labute approximate surface area is 739 Å². The SMILES string of the molecule is C(#Cc1ccc(C#Cc2ccc(C#Cc3ccc(C#Cc4ccc(C#Cc5ccc(C#Cc6ccc(C#Cc7ccc(C#Cc8ccc(C#Cc9ccc(C#Cc%10ccc(C#Cc%11ccc(C#Cc%12ccc(C#Cc%13ccc(C#Cc%14ccc(C#Cc%15ccccc%15)cc%14)cc%13)cc%12)cc%11)cc%10)cc9)cc8)cc7)cc6)cc5)cc4)cc3)cc2)cc1)c1ccccc1. The third-order valence-corrected chi connectivity index (χ3v) is 19.2. The van der Waals surface area contributed by atoms with Gasteiger partial charge in [0.05, 0.1) is 0 Å². The van der Waals surface area contributed by atoms with Crippen molar-refractivity contribution in [2.24, 2.45) is 0 Å². The molecule has 0 aromatic heterocycles. The van der Waals surface area contributed by atoms with Gasteiger partial charge in [-0.05, 0) is 364 Å². The van der Waals surface area contributed by atoms with Crippen LogP contribution < -0.4 is 0 Å². The Balaban J connectivity index is 0.428. The molecule has 16 aromatic carbocycles. The zero-order valence-electron chi connectivity index (χ0n) is 68.1. The largest absolute Gasteiger partial charge is 0.0622 e. The second kappa shape index (κ2) is 41.8. The average molecular weight is 1580 g/mol. The molecule has 0 heteroatoms. The van der Waals surface area contributed by atoms with Gasteiger partial charge in [0.1, 0.15) is 0 Å². The summed E-state index contributed by atoms with van der Waals surface area (Å²) in [6.07, 6.45) is 0. The molecule has 0 atom stereocenters. The molecule has 0 bridgehead atoms. The fourth-order valence-corrected chi connectivity index (χ4v) is 12.1. The van der Waals surface area contributed by atoms with Crippen molar-refractivity contribution in [1.29, 1.82) is 0 Å². The highest BCUT2D eigenvalue weighted by atomic mass is 14.1. The van der Waals surface area contributed by atoms with Crippen molar-refractivity contribution in [3.05, 3.63) is 567 Å². The summed E-state index contributed by atoms with van der Waals surface area (Å²) in [7, 11) is 0. The standard InChI is InChI=1S/C126H66/c1-3-7-97(8-4-1)11-13-99-15-19-101(20-16-99)23-25-103-27-31-105(32-28-103)35-37-107-39-43-109(44-40-107)47-49-111-51-55-113(56-52-111)59-61-115-63-67-117(68-64-115)71-73-119-75-79-121(80-76-119)83-85-123-87-91-125(92-88-123)95-96-126-93-89-124(90-94-126)86-84-122-81-77-120(78-82-122)74-72-118-69-65-116(66-70-118)62-60-114-57-53-112(54-58-114)50-48-110-45-41-108(42-46-110)38-36-106-33-29-104(30-34-106)26-24-102-21-17-100(18-22-102)14-12-98-9-5-2-6-10-98/h1-10,15-22,27-34,39-46,51-58,63-70,75-82,87-94H. The predicted octanol–water partition coefficient (Wildman–Crippen LogP) is 22.7. The van der Waals surface area contributed by atoms with E-state index in [-0.39, 0.29) is 0 Å². The van der Waals surface area contributed by atoms with E-state index in [1.165, 1.54) is 0 Å². The van der Waals surface area contributed by atoms with E-state index >= 15 is 0 Å². The van der Waals surface area contributed by atoms with Gasteiger partial charge in [-0.25, -0.2) is 0 Å². The van der Waals surface area contributed by atoms with Gasteiger partial charge in [-0.15, -0.1) is 0 Å². The van der Waals surface area contributed by atoms with Crippen molar-refractivity contribution in [1.82, 2.24) is 0 Å². The van der Waals surface area contributed by atoms with E-state index in [9.17, 15) is 0 Å². The van der Waals surface area contributed by atoms with Gasteiger partial charge in [0.25, 0.3) is 0 Å². The number of rotatable bonds is 0. The highest BCUT2D eigenvalue weighted by Gasteiger charge is 2.02. The molecule has 0 aliphatic heterocycles. The molecule has 0 aliphatic rings. The molecule has 0 unspecified atom stereocenters. The first-order valence-electron chi connectivity index (χ1n) is 40.6. The summed E-state index contributed by atoms with van der Waals surface area (Å²) in [5, 5.41) is 0. The lowest BCUT2D eigenvalue weighted by Crippen LogP contribution is -1.82. The minimum atomic E-state index is 0.903. The molecule has 0 saturated heterocycles. The maximum atomic E-state index is 3.28. The fourth-order valence-electron chi connectivity index (χ4n) is 12.1. The van der Waals surface area contributed by atoms with E-state index in [0.717, 1.165) is 167 Å². The van der Waals surface area contributed by atoms with Crippen molar-refractivity contribution in [3.63, 3.8) is 0 Å². The van der Waals surface area contributed by atoms with Crippen LogP contribution in [-0.4, -0.2) is 0 Å². The van der Waals surface area contributed by atoms with Gasteiger partial charge in [0.2, 0.25) is 0 Å². The van der Waals surface area contributed by atoms with Crippen LogP contribution in [-0.2, 0) is 0 Å². The van der Waals surface area contributed by atoms with Crippen LogP contribution in [0.1, 0.15) is 167 Å². The van der Waals surface area contributed by atoms with Gasteiger partial charge in [-0.2, -0.15) is 0 Å². The van der Waals surface area contributed by atoms with Gasteiger partial charge in [0.15, 0.2) is 0 Å². The third kappa shape index (κ3) is 25.2. The van der Waals surface area contributed by atoms with Crippen LogP contribution in [0.4, 0.5) is 0 Å². The molecule has 0 radical (unpaired) electrons. The second-order valence-corrected chi connectivity index (χ2v) is 28.6. The summed E-state index contributed by atoms with van der Waals surface area (Å²) in [6, 6.07) is 132. The van der Waals surface area contributed by atoms with Crippen LogP contribution in [0.5, 0.6) is 0 Å². The molecule has 0 heterocycles. The topological polar surface area (TPSA) is 0 Å². The average Bonchev–Trinajstić information content (AvgIpc) is 0.893. The summed E-state index contributed by atoms with van der Waals surface area (Å²) in [4.78, 5) is 0. The molecule has 0 nitrogen and oxygen atoms in total. The van der Waals surface area contributed by atoms with E-state index in [0.29, 0.717) is 0 Å². The first kappa shape index (κ1) is 80.7. The molecule has 16 aromatic rings. The fraction of sp³-hybridized carbons (Fsp3) is 0. The van der Waals surface area contributed by atoms with Gasteiger partial charge in [-0.1, -0.05) is 214 Å². The van der Waals surface area contributed by atoms with Gasteiger partial charge in [0, 0.05) is 167 Å². The summed E-state index contributed by atoms with van der Waals surface area (Å²) in [5.41, 5.74) is 27.6. The molecular weight excluding hydrogens is 1510 g/mol. The van der Waals surface area contributed by atoms with E-state index in [4.69, 9.17) is 0 Å². The molecule has 0 aliphatic carbocycles. The molecular formula is C126H66. The van der Waals surface area contributed by atoms with Crippen LogP contribution in [0.25, 0.3) is 0 Å². The minimum absolute atomic E-state index is 0.903. The van der Waals surface area contributed by atoms with Crippen molar-refractivity contribution < 1.29 is 0 Å². The van der Waals surface area contributed by atoms with Gasteiger partial charge >= 0.3 is 0 Å². The molecule has 570 valence electrons. The van der Waals surface area contributed by atoms with Crippen molar-refractivity contribution in [2.45, 2.75) is 0 Å². The Morgan fingerprint density at radius 2 is 0.103 bits per heavy atom. The smallest absolute Gasteiger partial charge is 0.0249 e. The van der Waals surface area contributed by atoms with Crippen LogP contribution in [0.3, 0.4) is 0 Å². The molecule has 0 saturated carbocycles. The van der Waals surface area contributed by atoms with Crippen LogP contribution >= 0.6 is 0 Å². The van der Waals surface area contributed by atoms with Gasteiger partial charge < -0.3 is 0 Å². The highest BCUT2D eigenvalue weighted by molar-refractivity contribution is 5.60. The van der Waals surface area contributed by atoms with Crippen molar-refractivity contribution in [3.8, 4) is 178 Å². The lowest BCUT2D eigenvalue weighted by Gasteiger charge is -1.95. The number of benzene rings is 16. The lowest BCUT2D eigenvalue weighted by molar-refractivity contribution is 1.56. The van der Waals surface area contributed by atoms with E-state index in [2.05, 4.69) is 178 Å². The summed E-state index contributed by atoms with van der Waals surface area (Å²) in [5.74, 6) is 97.8. The monoisotopic (exact) mass is 1580 g/mol. The Morgan fingerprint density at radius 1 is 0.0556 bits per heavy atom. The maximum absolute atomic E-state index is 3.28. The third-order valence-electron chi connectivity index (χ3n) is 19.2. The molecule has 16 rings (SSSR count). The zero-order valence-corrected chi connectivity index (χ0v) is 68.1. The number of hydrogen-bond acceptors (Lipinski definition) is 0. The molecule has 126 heavy (non-hydrogen) atoms. The Kier molecular flexibility index (Phi) is 26.8. The van der Waals surface area contributed by atoms with Crippen LogP contribution in [0, 0.1) is 178 Å². The quantitative estimate of drug-likeness (QED) is 0.133. The lowest BCUT2D eigenvalue weighted by atomic mass is 10.1. The van der Waals surface area contributed by atoms with Crippen LogP contribution in [0.15, 0.2) is 400 Å². The highest BCUT2D eigenvalue weighted by Crippen LogP contribution is 2.17. The Hall–Kier alpha value is -19.1. The maximum Gasteiger partial charge on any atom is 0.0249 e. The van der Waals surface area contributed by atoms with Crippen molar-refractivity contribution in [2.75, 3.05) is 0 Å². The van der Waals surface area contributed by atoms with E-state index in [1.54, 1.807) is 0 Å². The summed E-state index contributed by atoms with van der Waals surface area (Å²) in [6.45, 7) is 0. The first-order valence-corrected chi connectivity index (χ1v) is 40.6. The summed E-state index contributed by atoms with van der Waals surface area (Å²) < 4.78 is 0. The predicted molar refractivity (Wildman–Crippen MR) is 513 cm³/mol. The van der Waals surface area contributed by atoms with Crippen molar-refractivity contribution >= 4 is 0 Å². The molecule has 0 fully saturated rings. The van der Waals surface area contributed by atoms with Gasteiger partial charge in [-0.3, -0.25) is 0 Å². The molecule has 0 spiro atoms. The minimum Gasteiger partial charge on any atom is -0.0622 e. The number of hydrogen-bond donors (Lipinski definition) is 0. The van der Waals surface area contributed by atoms with E-state index in [1.807, 2.05) is 400 Å².